The molecule has 0 saturated carbocycles. The van der Waals surface area contributed by atoms with Crippen LogP contribution in [-0.4, -0.2) is 43.4 Å². The zero-order chi connectivity index (χ0) is 21.0. The topological polar surface area (TPSA) is 95.6 Å². The minimum atomic E-state index is -3.23. The molecule has 9 heteroatoms. The van der Waals surface area contributed by atoms with Gasteiger partial charge in [-0.05, 0) is 56.1 Å². The van der Waals surface area contributed by atoms with Crippen molar-refractivity contribution >= 4 is 33.2 Å². The largest absolute Gasteiger partial charge is 0.279 e. The molecule has 1 aromatic heterocycles. The van der Waals surface area contributed by atoms with E-state index in [1.54, 1.807) is 0 Å². The van der Waals surface area contributed by atoms with Crippen LogP contribution in [-0.2, 0) is 27.7 Å². The third-order valence-corrected chi connectivity index (χ3v) is 9.02. The van der Waals surface area contributed by atoms with Crippen molar-refractivity contribution in [1.82, 2.24) is 15.2 Å². The molecule has 1 saturated heterocycles. The van der Waals surface area contributed by atoms with Gasteiger partial charge in [-0.15, -0.1) is 11.3 Å². The molecule has 1 aliphatic heterocycles. The minimum absolute atomic E-state index is 0.167. The van der Waals surface area contributed by atoms with Crippen LogP contribution in [0.2, 0.25) is 0 Å². The van der Waals surface area contributed by atoms with Gasteiger partial charge in [0.2, 0.25) is 15.9 Å². The Balaban J connectivity index is 1.46. The Morgan fingerprint density at radius 3 is 2.62 bits per heavy atom. The number of hydrogen-bond donors (Lipinski definition) is 2. The number of hydrogen-bond acceptors (Lipinski definition) is 5. The second-order valence-electron chi connectivity index (χ2n) is 8.19. The van der Waals surface area contributed by atoms with Crippen LogP contribution in [0.3, 0.4) is 0 Å². The van der Waals surface area contributed by atoms with Gasteiger partial charge < -0.3 is 0 Å². The lowest BCUT2D eigenvalue weighted by Crippen LogP contribution is -2.48. The van der Waals surface area contributed by atoms with Crippen LogP contribution in [0.25, 0.3) is 0 Å². The van der Waals surface area contributed by atoms with E-state index in [1.165, 1.54) is 26.1 Å². The highest BCUT2D eigenvalue weighted by Crippen LogP contribution is 2.32. The van der Waals surface area contributed by atoms with Crippen molar-refractivity contribution in [1.29, 1.82) is 0 Å². The molecular weight excluding hydrogens is 410 g/mol. The third kappa shape index (κ3) is 5.58. The van der Waals surface area contributed by atoms with E-state index in [0.717, 1.165) is 25.7 Å². The molecule has 29 heavy (non-hydrogen) atoms. The Kier molecular flexibility index (Phi) is 7.34. The second kappa shape index (κ2) is 9.57. The highest BCUT2D eigenvalue weighted by molar-refractivity contribution is 7.89. The molecular formula is C20H31N3O4S2. The van der Waals surface area contributed by atoms with Crippen molar-refractivity contribution in [3.8, 4) is 0 Å². The Morgan fingerprint density at radius 1 is 1.21 bits per heavy atom. The standard InChI is InChI=1S/C20H31N3O4S2/c1-3-4-11-29(26,27)23-9-7-15(8-10-23)19(24)21-22-20(25)18-13-16-12-14(2)5-6-17(16)28-18/h13-15H,3-12H2,1-2H3,(H,21,24)(H,22,25). The predicted molar refractivity (Wildman–Crippen MR) is 114 cm³/mol. The summed E-state index contributed by atoms with van der Waals surface area (Å²) in [5.74, 6) is -0.0152. The summed E-state index contributed by atoms with van der Waals surface area (Å²) in [6, 6.07) is 1.94. The molecule has 0 radical (unpaired) electrons. The van der Waals surface area contributed by atoms with Gasteiger partial charge >= 0.3 is 0 Å². The van der Waals surface area contributed by atoms with Crippen molar-refractivity contribution < 1.29 is 18.0 Å². The molecule has 2 amide bonds. The fourth-order valence-corrected chi connectivity index (χ4v) is 6.73. The first-order chi connectivity index (χ1) is 13.8. The van der Waals surface area contributed by atoms with Crippen molar-refractivity contribution in [2.75, 3.05) is 18.8 Å². The Bertz CT molecular complexity index is 842. The number of unbranched alkanes of at least 4 members (excludes halogenated alkanes) is 1. The van der Waals surface area contributed by atoms with Crippen molar-refractivity contribution in [3.05, 3.63) is 21.4 Å². The number of nitrogens with zero attached hydrogens (tertiary/aromatic N) is 1. The number of aryl methyl sites for hydroxylation is 1. The molecule has 1 fully saturated rings. The maximum absolute atomic E-state index is 12.4. The van der Waals surface area contributed by atoms with Gasteiger partial charge in [0.15, 0.2) is 0 Å². The number of hydrazine groups is 1. The molecule has 0 spiro atoms. The Labute approximate surface area is 177 Å². The lowest BCUT2D eigenvalue weighted by molar-refractivity contribution is -0.126. The molecule has 2 N–H and O–H groups in total. The minimum Gasteiger partial charge on any atom is -0.273 e. The van der Waals surface area contributed by atoms with Gasteiger partial charge in [0.25, 0.3) is 5.91 Å². The summed E-state index contributed by atoms with van der Waals surface area (Å²) in [4.78, 5) is 26.7. The predicted octanol–water partition coefficient (Wildman–Crippen LogP) is 2.48. The molecule has 0 aromatic carbocycles. The number of piperidine rings is 1. The van der Waals surface area contributed by atoms with E-state index in [1.807, 2.05) is 13.0 Å². The van der Waals surface area contributed by atoms with Gasteiger partial charge in [0.05, 0.1) is 10.6 Å². The van der Waals surface area contributed by atoms with E-state index in [0.29, 0.717) is 43.1 Å². The van der Waals surface area contributed by atoms with Gasteiger partial charge in [-0.2, -0.15) is 0 Å². The van der Waals surface area contributed by atoms with Gasteiger partial charge in [-0.25, -0.2) is 12.7 Å². The zero-order valence-corrected chi connectivity index (χ0v) is 18.8. The molecule has 2 heterocycles. The van der Waals surface area contributed by atoms with Crippen molar-refractivity contribution in [3.63, 3.8) is 0 Å². The van der Waals surface area contributed by atoms with Crippen LogP contribution in [0, 0.1) is 11.8 Å². The summed E-state index contributed by atoms with van der Waals surface area (Å²) in [6.45, 7) is 4.90. The summed E-state index contributed by atoms with van der Waals surface area (Å²) in [7, 11) is -3.23. The molecule has 1 aliphatic carbocycles. The summed E-state index contributed by atoms with van der Waals surface area (Å²) >= 11 is 1.51. The van der Waals surface area contributed by atoms with Gasteiger partial charge in [0, 0.05) is 23.9 Å². The molecule has 3 rings (SSSR count). The number of amides is 2. The highest BCUT2D eigenvalue weighted by Gasteiger charge is 2.31. The number of fused-ring (bicyclic) bond motifs is 1. The van der Waals surface area contributed by atoms with Gasteiger partial charge in [0.1, 0.15) is 0 Å². The Hall–Kier alpha value is -1.45. The molecule has 162 valence electrons. The fourth-order valence-electron chi connectivity index (χ4n) is 3.95. The van der Waals surface area contributed by atoms with Crippen LogP contribution in [0.15, 0.2) is 6.07 Å². The Morgan fingerprint density at radius 2 is 1.93 bits per heavy atom. The van der Waals surface area contributed by atoms with Gasteiger partial charge in [-0.3, -0.25) is 20.4 Å². The van der Waals surface area contributed by atoms with E-state index in [4.69, 9.17) is 0 Å². The maximum atomic E-state index is 12.4. The van der Waals surface area contributed by atoms with Crippen LogP contribution in [0.1, 0.15) is 66.1 Å². The average Bonchev–Trinajstić information content (AvgIpc) is 3.13. The summed E-state index contributed by atoms with van der Waals surface area (Å²) < 4.78 is 26.0. The van der Waals surface area contributed by atoms with Gasteiger partial charge in [-0.1, -0.05) is 20.3 Å². The van der Waals surface area contributed by atoms with E-state index < -0.39 is 10.0 Å². The first-order valence-corrected chi connectivity index (χ1v) is 12.9. The number of rotatable bonds is 6. The lowest BCUT2D eigenvalue weighted by Gasteiger charge is -2.30. The molecule has 0 bridgehead atoms. The molecule has 1 aromatic rings. The SMILES string of the molecule is CCCCS(=O)(=O)N1CCC(C(=O)NNC(=O)c2cc3c(s2)CCC(C)C3)CC1. The van der Waals surface area contributed by atoms with Crippen molar-refractivity contribution in [2.45, 2.75) is 58.8 Å². The zero-order valence-electron chi connectivity index (χ0n) is 17.2. The fraction of sp³-hybridized carbons (Fsp3) is 0.700. The van der Waals surface area contributed by atoms with Crippen molar-refractivity contribution in [2.24, 2.45) is 11.8 Å². The first-order valence-electron chi connectivity index (χ1n) is 10.5. The average molecular weight is 442 g/mol. The molecule has 7 nitrogen and oxygen atoms in total. The number of carbonyl (C=O) groups is 2. The van der Waals surface area contributed by atoms with Crippen LogP contribution in [0.4, 0.5) is 0 Å². The van der Waals surface area contributed by atoms with Crippen LogP contribution in [0.5, 0.6) is 0 Å². The normalized spacial score (nSPS) is 20.8. The maximum Gasteiger partial charge on any atom is 0.279 e. The summed E-state index contributed by atoms with van der Waals surface area (Å²) in [5.41, 5.74) is 6.31. The summed E-state index contributed by atoms with van der Waals surface area (Å²) in [5, 5.41) is 0. The van der Waals surface area contributed by atoms with Crippen LogP contribution < -0.4 is 10.9 Å². The van der Waals surface area contributed by atoms with E-state index in [9.17, 15) is 18.0 Å². The smallest absolute Gasteiger partial charge is 0.273 e. The monoisotopic (exact) mass is 441 g/mol. The van der Waals surface area contributed by atoms with E-state index in [2.05, 4.69) is 17.8 Å². The lowest BCUT2D eigenvalue weighted by atomic mass is 9.90. The number of carbonyl (C=O) groups excluding carboxylic acids is 2. The molecule has 1 unspecified atom stereocenters. The van der Waals surface area contributed by atoms with E-state index >= 15 is 0 Å². The second-order valence-corrected chi connectivity index (χ2v) is 11.4. The number of sulfonamides is 1. The van der Waals surface area contributed by atoms with E-state index in [-0.39, 0.29) is 23.5 Å². The quantitative estimate of drug-likeness (QED) is 0.663. The third-order valence-electron chi connectivity index (χ3n) is 5.83. The molecule has 2 aliphatic rings. The van der Waals surface area contributed by atoms with Crippen LogP contribution >= 0.6 is 11.3 Å². The number of nitrogens with one attached hydrogen (secondary N) is 2. The highest BCUT2D eigenvalue weighted by atomic mass is 32.2. The number of thiophene rings is 1. The molecule has 1 atom stereocenters. The first kappa shape index (κ1) is 22.2. The summed E-state index contributed by atoms with van der Waals surface area (Å²) in [6.07, 6.45) is 5.60.